The van der Waals surface area contributed by atoms with E-state index in [0.29, 0.717) is 5.82 Å². The molecule has 0 amide bonds. The minimum Gasteiger partial charge on any atom is -0.378 e. The van der Waals surface area contributed by atoms with Crippen molar-refractivity contribution in [2.75, 3.05) is 12.4 Å². The molecule has 0 atom stereocenters. The third-order valence-electron chi connectivity index (χ3n) is 2.55. The maximum absolute atomic E-state index is 4.54. The summed E-state index contributed by atoms with van der Waals surface area (Å²) in [7, 11) is 1.88. The maximum atomic E-state index is 4.54. The second kappa shape index (κ2) is 4.51. The molecule has 0 unspecified atom stereocenters. The summed E-state index contributed by atoms with van der Waals surface area (Å²) in [5.74, 6) is 1.49. The van der Waals surface area contributed by atoms with Gasteiger partial charge in [-0.05, 0) is 29.9 Å². The van der Waals surface area contributed by atoms with E-state index in [4.69, 9.17) is 0 Å². The summed E-state index contributed by atoms with van der Waals surface area (Å²) in [4.78, 5) is 5.62. The van der Waals surface area contributed by atoms with Crippen molar-refractivity contribution in [3.05, 3.63) is 23.2 Å². The Morgan fingerprint density at radius 2 is 2.28 bits per heavy atom. The molecule has 18 heavy (non-hydrogen) atoms. The molecule has 2 N–H and O–H groups in total. The van der Waals surface area contributed by atoms with Crippen LogP contribution in [0.1, 0.15) is 5.69 Å². The van der Waals surface area contributed by atoms with Crippen molar-refractivity contribution in [1.82, 2.24) is 19.6 Å². The van der Waals surface area contributed by atoms with E-state index in [1.165, 1.54) is 11.5 Å². The van der Waals surface area contributed by atoms with Crippen molar-refractivity contribution in [3.8, 4) is 22.1 Å². The fourth-order valence-electron chi connectivity index (χ4n) is 1.70. The second-order valence-electron chi connectivity index (χ2n) is 3.71. The van der Waals surface area contributed by atoms with Gasteiger partial charge in [0.15, 0.2) is 11.6 Å². The lowest BCUT2D eigenvalue weighted by Crippen LogP contribution is -1.90. The second-order valence-corrected chi connectivity index (χ2v) is 5.43. The topological polar surface area (TPSA) is 66.5 Å². The molecule has 0 bridgehead atoms. The van der Waals surface area contributed by atoms with E-state index in [-0.39, 0.29) is 0 Å². The number of thiophene rings is 1. The molecular weight excluding hydrogens is 266 g/mol. The van der Waals surface area contributed by atoms with Crippen molar-refractivity contribution in [2.45, 2.75) is 6.92 Å². The molecule has 0 aliphatic carbocycles. The molecule has 3 aromatic rings. The van der Waals surface area contributed by atoms with Crippen LogP contribution in [-0.4, -0.2) is 26.6 Å². The minimum atomic E-state index is 0.689. The summed E-state index contributed by atoms with van der Waals surface area (Å²) in [6.45, 7) is 1.97. The molecule has 3 aromatic heterocycles. The van der Waals surface area contributed by atoms with Crippen molar-refractivity contribution in [1.29, 1.82) is 0 Å². The van der Waals surface area contributed by atoms with Crippen LogP contribution >= 0.6 is 22.9 Å². The predicted octanol–water partition coefficient (Wildman–Crippen LogP) is 3.01. The first-order valence-corrected chi connectivity index (χ1v) is 7.05. The Hall–Kier alpha value is -1.73. The zero-order valence-corrected chi connectivity index (χ0v) is 11.5. The van der Waals surface area contributed by atoms with E-state index < -0.39 is 0 Å². The fraction of sp³-hybridized carbons (Fsp3) is 0.182. The molecule has 5 nitrogen and oxygen atoms in total. The van der Waals surface area contributed by atoms with Crippen LogP contribution in [-0.2, 0) is 0 Å². The van der Waals surface area contributed by atoms with Crippen LogP contribution in [0.2, 0.25) is 0 Å². The molecule has 0 aliphatic heterocycles. The molecule has 92 valence electrons. The van der Waals surface area contributed by atoms with Gasteiger partial charge in [0.1, 0.15) is 5.00 Å². The van der Waals surface area contributed by atoms with E-state index >= 15 is 0 Å². The number of anilines is 1. The Balaban J connectivity index is 2.05. The number of nitrogens with zero attached hydrogens (tertiary/aromatic N) is 3. The van der Waals surface area contributed by atoms with Crippen molar-refractivity contribution in [3.63, 3.8) is 0 Å². The zero-order valence-electron chi connectivity index (χ0n) is 9.89. The standard InChI is InChI=1S/C11H11N5S2/c1-6-8(11(12-2)18-16-6)10-13-9(14-15-10)7-4-3-5-17-7/h3-5,12H,1-2H3,(H,13,14,15). The van der Waals surface area contributed by atoms with Gasteiger partial charge in [0.05, 0.1) is 16.1 Å². The highest BCUT2D eigenvalue weighted by Gasteiger charge is 2.17. The number of H-pyrrole nitrogens is 1. The molecule has 0 saturated carbocycles. The third-order valence-corrected chi connectivity index (χ3v) is 4.39. The molecule has 0 saturated heterocycles. The van der Waals surface area contributed by atoms with Gasteiger partial charge in [-0.3, -0.25) is 5.10 Å². The van der Waals surface area contributed by atoms with Crippen LogP contribution in [0.5, 0.6) is 0 Å². The van der Waals surface area contributed by atoms with Gasteiger partial charge in [0.2, 0.25) is 0 Å². The Morgan fingerprint density at radius 1 is 1.39 bits per heavy atom. The number of hydrogen-bond donors (Lipinski definition) is 2. The van der Waals surface area contributed by atoms with Gasteiger partial charge < -0.3 is 5.32 Å². The van der Waals surface area contributed by atoms with Gasteiger partial charge in [0, 0.05) is 7.05 Å². The molecule has 7 heteroatoms. The van der Waals surface area contributed by atoms with E-state index in [2.05, 4.69) is 24.9 Å². The van der Waals surface area contributed by atoms with E-state index in [1.54, 1.807) is 11.3 Å². The van der Waals surface area contributed by atoms with Gasteiger partial charge in [-0.15, -0.1) is 11.3 Å². The average molecular weight is 277 g/mol. The van der Waals surface area contributed by atoms with Gasteiger partial charge in [0.25, 0.3) is 0 Å². The van der Waals surface area contributed by atoms with E-state index in [0.717, 1.165) is 27.0 Å². The van der Waals surface area contributed by atoms with Crippen LogP contribution in [0.25, 0.3) is 22.1 Å². The number of aromatic nitrogens is 4. The van der Waals surface area contributed by atoms with Crippen molar-refractivity contribution in [2.24, 2.45) is 0 Å². The van der Waals surface area contributed by atoms with E-state index in [9.17, 15) is 0 Å². The van der Waals surface area contributed by atoms with Gasteiger partial charge in [-0.1, -0.05) is 6.07 Å². The Morgan fingerprint density at radius 3 is 3.00 bits per heavy atom. The summed E-state index contributed by atoms with van der Waals surface area (Å²) in [5.41, 5.74) is 1.92. The van der Waals surface area contributed by atoms with Crippen molar-refractivity contribution < 1.29 is 0 Å². The lowest BCUT2D eigenvalue weighted by molar-refractivity contribution is 1.10. The van der Waals surface area contributed by atoms with Gasteiger partial charge in [-0.2, -0.15) is 9.47 Å². The summed E-state index contributed by atoms with van der Waals surface area (Å²) < 4.78 is 4.32. The first-order chi connectivity index (χ1) is 8.79. The predicted molar refractivity (Wildman–Crippen MR) is 75.1 cm³/mol. The van der Waals surface area contributed by atoms with Crippen molar-refractivity contribution >= 4 is 27.9 Å². The van der Waals surface area contributed by atoms with Gasteiger partial charge >= 0.3 is 0 Å². The number of aromatic amines is 1. The first-order valence-electron chi connectivity index (χ1n) is 5.40. The van der Waals surface area contributed by atoms with Gasteiger partial charge in [-0.25, -0.2) is 4.98 Å². The Kier molecular flexibility index (Phi) is 2.85. The number of nitrogens with one attached hydrogen (secondary N) is 2. The van der Waals surface area contributed by atoms with Crippen LogP contribution < -0.4 is 5.32 Å². The fourth-order valence-corrected chi connectivity index (χ4v) is 3.11. The Bertz CT molecular complexity index is 653. The lowest BCUT2D eigenvalue weighted by atomic mass is 10.2. The average Bonchev–Trinajstić information content (AvgIpc) is 3.07. The zero-order chi connectivity index (χ0) is 12.5. The van der Waals surface area contributed by atoms with E-state index in [1.807, 2.05) is 31.5 Å². The molecule has 0 aliphatic rings. The molecule has 0 aromatic carbocycles. The highest BCUT2D eigenvalue weighted by atomic mass is 32.1. The maximum Gasteiger partial charge on any atom is 0.186 e. The molecule has 0 spiro atoms. The molecule has 0 radical (unpaired) electrons. The Labute approximate surface area is 112 Å². The lowest BCUT2D eigenvalue weighted by Gasteiger charge is -1.97. The molecular formula is C11H11N5S2. The van der Waals surface area contributed by atoms with Crippen LogP contribution in [0.4, 0.5) is 5.00 Å². The number of hydrogen-bond acceptors (Lipinski definition) is 6. The smallest absolute Gasteiger partial charge is 0.186 e. The number of rotatable bonds is 3. The molecule has 0 fully saturated rings. The summed E-state index contributed by atoms with van der Waals surface area (Å²) in [6, 6.07) is 4.02. The summed E-state index contributed by atoms with van der Waals surface area (Å²) >= 11 is 3.06. The quantitative estimate of drug-likeness (QED) is 0.772. The summed E-state index contributed by atoms with van der Waals surface area (Å²) in [6.07, 6.45) is 0. The van der Waals surface area contributed by atoms with Crippen LogP contribution in [0.3, 0.4) is 0 Å². The largest absolute Gasteiger partial charge is 0.378 e. The monoisotopic (exact) mass is 277 g/mol. The third kappa shape index (κ3) is 1.81. The summed E-state index contributed by atoms with van der Waals surface area (Å²) in [5, 5.41) is 13.4. The number of aryl methyl sites for hydroxylation is 1. The highest BCUT2D eigenvalue weighted by Crippen LogP contribution is 2.33. The molecule has 3 rings (SSSR count). The minimum absolute atomic E-state index is 0.689. The molecule has 3 heterocycles. The van der Waals surface area contributed by atoms with Crippen LogP contribution in [0.15, 0.2) is 17.5 Å². The first kappa shape index (κ1) is 11.4. The van der Waals surface area contributed by atoms with Crippen LogP contribution in [0, 0.1) is 6.92 Å². The highest BCUT2D eigenvalue weighted by molar-refractivity contribution is 7.13. The normalized spacial score (nSPS) is 10.8. The SMILES string of the molecule is CNc1snc(C)c1-c1n[nH]c(-c2cccs2)n1.